The Morgan fingerprint density at radius 2 is 1.82 bits per heavy atom. The van der Waals surface area contributed by atoms with E-state index in [1.54, 1.807) is 18.2 Å². The number of carbonyl (C=O) groups excluding carboxylic acids is 2. The molecular weight excluding hydrogens is 531 g/mol. The van der Waals surface area contributed by atoms with Gasteiger partial charge in [-0.05, 0) is 60.0 Å². The summed E-state index contributed by atoms with van der Waals surface area (Å²) in [6, 6.07) is 25.1. The van der Waals surface area contributed by atoms with E-state index >= 15 is 0 Å². The van der Waals surface area contributed by atoms with Crippen molar-refractivity contribution in [3.05, 3.63) is 112 Å². The molecule has 5 rings (SSSR count). The molecule has 2 heterocycles. The second-order valence-electron chi connectivity index (χ2n) is 9.09. The van der Waals surface area contributed by atoms with Crippen molar-refractivity contribution in [3.8, 4) is 6.07 Å². The first-order chi connectivity index (χ1) is 19.0. The summed E-state index contributed by atoms with van der Waals surface area (Å²) < 4.78 is 13.1. The summed E-state index contributed by atoms with van der Waals surface area (Å²) in [7, 11) is 0. The lowest BCUT2D eigenvalue weighted by Gasteiger charge is -2.26. The van der Waals surface area contributed by atoms with Crippen LogP contribution in [0.2, 0.25) is 0 Å². The van der Waals surface area contributed by atoms with Crippen LogP contribution >= 0.6 is 23.1 Å². The van der Waals surface area contributed by atoms with Gasteiger partial charge in [0.15, 0.2) is 0 Å². The number of carbonyl (C=O) groups is 2. The number of thioether (sulfide) groups is 1. The lowest BCUT2D eigenvalue weighted by atomic mass is 10.0. The highest BCUT2D eigenvalue weighted by atomic mass is 32.2. The van der Waals surface area contributed by atoms with Gasteiger partial charge in [0.05, 0.1) is 11.3 Å². The molecule has 2 amide bonds. The van der Waals surface area contributed by atoms with Gasteiger partial charge in [-0.15, -0.1) is 23.1 Å². The molecule has 0 atom stereocenters. The lowest BCUT2D eigenvalue weighted by molar-refractivity contribution is -0.113. The fourth-order valence-electron chi connectivity index (χ4n) is 4.42. The summed E-state index contributed by atoms with van der Waals surface area (Å²) in [6.07, 6.45) is 0.780. The van der Waals surface area contributed by atoms with Crippen LogP contribution in [-0.2, 0) is 24.3 Å². The molecule has 2 N–H and O–H groups in total. The van der Waals surface area contributed by atoms with E-state index < -0.39 is 5.82 Å². The molecule has 4 aromatic rings. The van der Waals surface area contributed by atoms with E-state index in [1.807, 2.05) is 24.3 Å². The molecule has 1 aliphatic rings. The predicted molar refractivity (Wildman–Crippen MR) is 153 cm³/mol. The molecule has 196 valence electrons. The van der Waals surface area contributed by atoms with E-state index in [2.05, 4.69) is 33.7 Å². The van der Waals surface area contributed by atoms with Crippen LogP contribution in [0.15, 0.2) is 83.8 Å². The van der Waals surface area contributed by atoms with Gasteiger partial charge in [0, 0.05) is 40.7 Å². The normalized spacial score (nSPS) is 12.8. The van der Waals surface area contributed by atoms with E-state index in [-0.39, 0.29) is 17.6 Å². The molecule has 0 spiro atoms. The average Bonchev–Trinajstić information content (AvgIpc) is 3.29. The number of fused-ring (bicyclic) bond motifs is 1. The Morgan fingerprint density at radius 1 is 1.03 bits per heavy atom. The maximum absolute atomic E-state index is 13.1. The zero-order valence-corrected chi connectivity index (χ0v) is 22.6. The van der Waals surface area contributed by atoms with E-state index in [0.29, 0.717) is 21.8 Å². The molecule has 3 aromatic carbocycles. The molecule has 0 saturated carbocycles. The van der Waals surface area contributed by atoms with E-state index in [0.717, 1.165) is 41.4 Å². The minimum absolute atomic E-state index is 0.156. The van der Waals surface area contributed by atoms with Gasteiger partial charge in [-0.1, -0.05) is 36.4 Å². The first kappa shape index (κ1) is 26.6. The smallest absolute Gasteiger partial charge is 0.255 e. The fourth-order valence-corrected chi connectivity index (χ4v) is 6.43. The third-order valence-electron chi connectivity index (χ3n) is 6.32. The number of benzene rings is 3. The molecule has 9 heteroatoms. The molecule has 0 radical (unpaired) electrons. The van der Waals surface area contributed by atoms with Gasteiger partial charge in [-0.2, -0.15) is 5.26 Å². The zero-order valence-electron chi connectivity index (χ0n) is 20.9. The first-order valence-electron chi connectivity index (χ1n) is 12.4. The van der Waals surface area contributed by atoms with Crippen molar-refractivity contribution < 1.29 is 14.0 Å². The highest BCUT2D eigenvalue weighted by molar-refractivity contribution is 8.00. The Bertz CT molecular complexity index is 1530. The van der Waals surface area contributed by atoms with Crippen molar-refractivity contribution in [2.24, 2.45) is 0 Å². The number of rotatable bonds is 8. The van der Waals surface area contributed by atoms with Crippen LogP contribution in [0.25, 0.3) is 0 Å². The molecule has 0 fully saturated rings. The van der Waals surface area contributed by atoms with Crippen LogP contribution in [0.3, 0.4) is 0 Å². The highest BCUT2D eigenvalue weighted by Crippen LogP contribution is 2.37. The van der Waals surface area contributed by atoms with Crippen LogP contribution < -0.4 is 10.6 Å². The minimum Gasteiger partial charge on any atom is -0.322 e. The van der Waals surface area contributed by atoms with Crippen LogP contribution in [0.1, 0.15) is 31.9 Å². The van der Waals surface area contributed by atoms with Gasteiger partial charge in [0.2, 0.25) is 5.91 Å². The predicted octanol–water partition coefficient (Wildman–Crippen LogP) is 6.30. The molecule has 1 aliphatic heterocycles. The Labute approximate surface area is 234 Å². The SMILES string of the molecule is N#Cc1c(NC(=O)CSc2cccc(NC(=O)c3ccc(F)cc3)c2)sc2c1CCN(Cc1ccccc1)C2. The van der Waals surface area contributed by atoms with Crippen LogP contribution in [0.4, 0.5) is 15.1 Å². The van der Waals surface area contributed by atoms with Gasteiger partial charge in [-0.25, -0.2) is 4.39 Å². The monoisotopic (exact) mass is 556 g/mol. The van der Waals surface area contributed by atoms with Crippen molar-refractivity contribution in [3.63, 3.8) is 0 Å². The first-order valence-corrected chi connectivity index (χ1v) is 14.2. The number of hydrogen-bond donors (Lipinski definition) is 2. The van der Waals surface area contributed by atoms with Crippen molar-refractivity contribution in [2.75, 3.05) is 22.9 Å². The molecule has 0 unspecified atom stereocenters. The summed E-state index contributed by atoms with van der Waals surface area (Å²) >= 11 is 2.82. The maximum Gasteiger partial charge on any atom is 0.255 e. The van der Waals surface area contributed by atoms with Crippen LogP contribution in [0, 0.1) is 17.1 Å². The second kappa shape index (κ2) is 12.3. The van der Waals surface area contributed by atoms with Gasteiger partial charge < -0.3 is 10.6 Å². The maximum atomic E-state index is 13.1. The fraction of sp³-hybridized carbons (Fsp3) is 0.167. The second-order valence-corrected chi connectivity index (χ2v) is 11.2. The number of nitrogens with zero attached hydrogens (tertiary/aromatic N) is 2. The number of thiophene rings is 1. The van der Waals surface area contributed by atoms with Crippen LogP contribution in [-0.4, -0.2) is 29.0 Å². The molecule has 0 saturated heterocycles. The number of nitriles is 1. The molecule has 0 bridgehead atoms. The molecule has 0 aliphatic carbocycles. The van der Waals surface area contributed by atoms with Crippen molar-refractivity contribution in [1.29, 1.82) is 5.26 Å². The summed E-state index contributed by atoms with van der Waals surface area (Å²) in [5.74, 6) is -0.791. The van der Waals surface area contributed by atoms with Crippen molar-refractivity contribution in [1.82, 2.24) is 4.90 Å². The van der Waals surface area contributed by atoms with Crippen molar-refractivity contribution in [2.45, 2.75) is 24.4 Å². The summed E-state index contributed by atoms with van der Waals surface area (Å²) in [5.41, 5.74) is 3.79. The molecule has 6 nitrogen and oxygen atoms in total. The molecule has 1 aromatic heterocycles. The van der Waals surface area contributed by atoms with Gasteiger partial charge in [0.25, 0.3) is 5.91 Å². The number of nitrogens with one attached hydrogen (secondary N) is 2. The number of amides is 2. The Balaban J connectivity index is 1.18. The largest absolute Gasteiger partial charge is 0.322 e. The Hall–Kier alpha value is -3.97. The molecule has 39 heavy (non-hydrogen) atoms. The van der Waals surface area contributed by atoms with Crippen LogP contribution in [0.5, 0.6) is 0 Å². The summed E-state index contributed by atoms with van der Waals surface area (Å²) in [5, 5.41) is 16.2. The third kappa shape index (κ3) is 6.73. The summed E-state index contributed by atoms with van der Waals surface area (Å²) in [6.45, 7) is 2.47. The van der Waals surface area contributed by atoms with E-state index in [4.69, 9.17) is 0 Å². The quantitative estimate of drug-likeness (QED) is 0.249. The topological polar surface area (TPSA) is 85.2 Å². The van der Waals surface area contributed by atoms with Gasteiger partial charge in [0.1, 0.15) is 16.9 Å². The minimum atomic E-state index is -0.405. The average molecular weight is 557 g/mol. The van der Waals surface area contributed by atoms with E-state index in [1.165, 1.54) is 52.9 Å². The zero-order chi connectivity index (χ0) is 27.2. The third-order valence-corrected chi connectivity index (χ3v) is 8.44. The Kier molecular flexibility index (Phi) is 8.37. The number of halogens is 1. The van der Waals surface area contributed by atoms with E-state index in [9.17, 15) is 19.2 Å². The number of hydrogen-bond acceptors (Lipinski definition) is 6. The van der Waals surface area contributed by atoms with Crippen molar-refractivity contribution >= 4 is 45.6 Å². The Morgan fingerprint density at radius 3 is 2.59 bits per heavy atom. The molecular formula is C30H25FN4O2S2. The van der Waals surface area contributed by atoms with Gasteiger partial charge in [-0.3, -0.25) is 14.5 Å². The standard InChI is InChI=1S/C30H25FN4O2S2/c31-22-11-9-21(10-12-22)29(37)33-23-7-4-8-24(15-23)38-19-28(36)34-30-26(16-32)25-13-14-35(18-27(25)39-30)17-20-5-2-1-3-6-20/h1-12,15H,13-14,17-19H2,(H,33,37)(H,34,36). The van der Waals surface area contributed by atoms with Gasteiger partial charge >= 0.3 is 0 Å². The summed E-state index contributed by atoms with van der Waals surface area (Å²) in [4.78, 5) is 29.5. The highest BCUT2D eigenvalue weighted by Gasteiger charge is 2.25. The number of anilines is 2. The lowest BCUT2D eigenvalue weighted by Crippen LogP contribution is -2.29.